The zero-order valence-electron chi connectivity index (χ0n) is 20.4. The number of aromatic nitrogens is 1. The maximum atomic E-state index is 13.8. The fourth-order valence-corrected chi connectivity index (χ4v) is 6.47. The number of rotatable bonds is 4. The number of carbonyl (C=O) groups is 2. The average molecular weight is 568 g/mol. The summed E-state index contributed by atoms with van der Waals surface area (Å²) >= 11 is 4.86. The number of phenols is 1. The number of ketones is 1. The van der Waals surface area contributed by atoms with E-state index in [0.717, 1.165) is 20.4 Å². The predicted molar refractivity (Wildman–Crippen MR) is 144 cm³/mol. The van der Waals surface area contributed by atoms with E-state index >= 15 is 0 Å². The number of aromatic hydroxyl groups is 1. The second kappa shape index (κ2) is 9.05. The molecule has 7 nitrogen and oxygen atoms in total. The van der Waals surface area contributed by atoms with Gasteiger partial charge in [0, 0.05) is 39.4 Å². The van der Waals surface area contributed by atoms with Crippen LogP contribution in [-0.4, -0.2) is 28.9 Å². The first kappa shape index (κ1) is 24.5. The normalized spacial score (nSPS) is 19.2. The van der Waals surface area contributed by atoms with Crippen LogP contribution in [0.3, 0.4) is 0 Å². The van der Waals surface area contributed by atoms with Gasteiger partial charge < -0.3 is 15.2 Å². The Morgan fingerprint density at radius 1 is 1.25 bits per heavy atom. The highest BCUT2D eigenvalue weighted by Gasteiger charge is 2.43. The number of Topliss-reactive ketones (excluding diaryl/α,β-unsaturated/α-hetero) is 1. The van der Waals surface area contributed by atoms with Gasteiger partial charge in [0.25, 0.3) is 5.91 Å². The number of amides is 1. The van der Waals surface area contributed by atoms with Crippen LogP contribution in [0.5, 0.6) is 11.5 Å². The number of nitrogens with one attached hydrogen (secondary N) is 2. The number of fused-ring (bicyclic) bond motifs is 1. The molecule has 186 valence electrons. The number of hydrogen-bond donors (Lipinski definition) is 3. The van der Waals surface area contributed by atoms with Crippen LogP contribution in [-0.2, 0) is 9.59 Å². The second-order valence-electron chi connectivity index (χ2n) is 9.95. The standard InChI is InChI=1S/C27H26BrN3O4S/c1-13-22(25(34)31-26-30-16-7-6-15(28)10-21(16)36-26)23(14-5-8-18(32)20(9-14)35-4)24-17(29-13)11-27(2,3)12-19(24)33/h5-10,23,29,32H,11-12H2,1-4H3,(H,30,31,34). The van der Waals surface area contributed by atoms with Crippen molar-refractivity contribution in [3.05, 3.63) is 69.0 Å². The Balaban J connectivity index is 1.59. The molecule has 1 unspecified atom stereocenters. The van der Waals surface area contributed by atoms with Crippen LogP contribution in [0.15, 0.2) is 63.4 Å². The van der Waals surface area contributed by atoms with Crippen LogP contribution in [0.1, 0.15) is 45.1 Å². The Hall–Kier alpha value is -3.17. The number of carbonyl (C=O) groups excluding carboxylic acids is 2. The number of anilines is 1. The molecule has 1 amide bonds. The molecule has 1 aliphatic heterocycles. The van der Waals surface area contributed by atoms with Crippen LogP contribution < -0.4 is 15.4 Å². The lowest BCUT2D eigenvalue weighted by Crippen LogP contribution is -2.39. The van der Waals surface area contributed by atoms with Gasteiger partial charge in [0.2, 0.25) is 0 Å². The van der Waals surface area contributed by atoms with E-state index in [-0.39, 0.29) is 28.6 Å². The summed E-state index contributed by atoms with van der Waals surface area (Å²) in [6.45, 7) is 5.99. The Labute approximate surface area is 221 Å². The molecule has 2 aliphatic rings. The highest BCUT2D eigenvalue weighted by molar-refractivity contribution is 9.10. The van der Waals surface area contributed by atoms with Crippen LogP contribution >= 0.6 is 27.3 Å². The number of dihydropyridines is 1. The molecule has 9 heteroatoms. The van der Waals surface area contributed by atoms with E-state index in [4.69, 9.17) is 4.74 Å². The van der Waals surface area contributed by atoms with Crippen molar-refractivity contribution in [1.82, 2.24) is 10.3 Å². The van der Waals surface area contributed by atoms with Crippen molar-refractivity contribution in [1.29, 1.82) is 0 Å². The number of allylic oxidation sites excluding steroid dienone is 3. The number of benzene rings is 2. The van der Waals surface area contributed by atoms with Crippen LogP contribution in [0.25, 0.3) is 10.2 Å². The molecular weight excluding hydrogens is 542 g/mol. The van der Waals surface area contributed by atoms with Crippen LogP contribution in [0.4, 0.5) is 5.13 Å². The molecule has 5 rings (SSSR count). The van der Waals surface area contributed by atoms with Crippen molar-refractivity contribution in [2.24, 2.45) is 5.41 Å². The van der Waals surface area contributed by atoms with Gasteiger partial charge >= 0.3 is 0 Å². The van der Waals surface area contributed by atoms with Gasteiger partial charge in [-0.1, -0.05) is 47.2 Å². The van der Waals surface area contributed by atoms with E-state index < -0.39 is 5.92 Å². The van der Waals surface area contributed by atoms with Crippen LogP contribution in [0, 0.1) is 5.41 Å². The zero-order valence-corrected chi connectivity index (χ0v) is 22.8. The van der Waals surface area contributed by atoms with Crippen molar-refractivity contribution in [3.8, 4) is 11.5 Å². The third kappa shape index (κ3) is 4.41. The Bertz CT molecular complexity index is 1490. The van der Waals surface area contributed by atoms with E-state index in [2.05, 4.69) is 45.4 Å². The molecule has 2 heterocycles. The summed E-state index contributed by atoms with van der Waals surface area (Å²) < 4.78 is 7.22. The van der Waals surface area contributed by atoms with E-state index in [1.807, 2.05) is 25.1 Å². The lowest BCUT2D eigenvalue weighted by atomic mass is 9.68. The summed E-state index contributed by atoms with van der Waals surface area (Å²) in [6.07, 6.45) is 1.08. The van der Waals surface area contributed by atoms with Gasteiger partial charge in [0.15, 0.2) is 22.4 Å². The number of phenolic OH excluding ortho intramolecular Hbond substituents is 1. The molecule has 0 spiro atoms. The SMILES string of the molecule is COc1cc(C2C(C(=O)Nc3nc4ccc(Br)cc4s3)=C(C)NC3=C2C(=O)CC(C)(C)C3)ccc1O. The largest absolute Gasteiger partial charge is 0.504 e. The number of hydrogen-bond acceptors (Lipinski definition) is 7. The first-order valence-electron chi connectivity index (χ1n) is 11.5. The molecule has 0 saturated heterocycles. The Morgan fingerprint density at radius 2 is 2.03 bits per heavy atom. The first-order valence-corrected chi connectivity index (χ1v) is 13.2. The summed E-state index contributed by atoms with van der Waals surface area (Å²) in [5.41, 5.74) is 3.85. The smallest absolute Gasteiger partial charge is 0.256 e. The maximum Gasteiger partial charge on any atom is 0.256 e. The topological polar surface area (TPSA) is 101 Å². The number of nitrogens with zero attached hydrogens (tertiary/aromatic N) is 1. The first-order chi connectivity index (χ1) is 17.1. The number of methoxy groups -OCH3 is 1. The van der Waals surface area contributed by atoms with Gasteiger partial charge in [-0.05, 0) is 54.7 Å². The van der Waals surface area contributed by atoms with E-state index in [1.54, 1.807) is 12.1 Å². The number of thiazole rings is 1. The minimum atomic E-state index is -0.608. The summed E-state index contributed by atoms with van der Waals surface area (Å²) in [4.78, 5) is 31.8. The van der Waals surface area contributed by atoms with Gasteiger partial charge in [-0.2, -0.15) is 0 Å². The lowest BCUT2D eigenvalue weighted by molar-refractivity contribution is -0.118. The molecule has 0 saturated carbocycles. The molecule has 0 bridgehead atoms. The highest BCUT2D eigenvalue weighted by atomic mass is 79.9. The van der Waals surface area contributed by atoms with E-state index in [0.29, 0.717) is 40.4 Å². The minimum absolute atomic E-state index is 0.00664. The fraction of sp³-hybridized carbons (Fsp3) is 0.296. The van der Waals surface area contributed by atoms with Gasteiger partial charge in [-0.25, -0.2) is 4.98 Å². The third-order valence-corrected chi connectivity index (χ3v) is 8.02. The predicted octanol–water partition coefficient (Wildman–Crippen LogP) is 6.02. The van der Waals surface area contributed by atoms with Gasteiger partial charge in [0.1, 0.15) is 0 Å². The molecule has 1 atom stereocenters. The minimum Gasteiger partial charge on any atom is -0.504 e. The monoisotopic (exact) mass is 567 g/mol. The lowest BCUT2D eigenvalue weighted by Gasteiger charge is -2.39. The Morgan fingerprint density at radius 3 is 2.78 bits per heavy atom. The highest BCUT2D eigenvalue weighted by Crippen LogP contribution is 2.48. The molecule has 3 N–H and O–H groups in total. The molecule has 1 aliphatic carbocycles. The molecule has 0 fully saturated rings. The van der Waals surface area contributed by atoms with Crippen molar-refractivity contribution >= 4 is 54.3 Å². The Kier molecular flexibility index (Phi) is 6.16. The van der Waals surface area contributed by atoms with Crippen molar-refractivity contribution < 1.29 is 19.4 Å². The fourth-order valence-electron chi connectivity index (χ4n) is 5.06. The quantitative estimate of drug-likeness (QED) is 0.356. The van der Waals surface area contributed by atoms with Gasteiger partial charge in [-0.3, -0.25) is 14.9 Å². The molecule has 0 radical (unpaired) electrons. The molecular formula is C27H26BrN3O4S. The molecule has 36 heavy (non-hydrogen) atoms. The molecule has 3 aromatic rings. The van der Waals surface area contributed by atoms with E-state index in [1.165, 1.54) is 24.5 Å². The zero-order chi connectivity index (χ0) is 25.8. The third-order valence-electron chi connectivity index (χ3n) is 6.59. The van der Waals surface area contributed by atoms with E-state index in [9.17, 15) is 14.7 Å². The van der Waals surface area contributed by atoms with Crippen LogP contribution in [0.2, 0.25) is 0 Å². The van der Waals surface area contributed by atoms with Crippen molar-refractivity contribution in [2.75, 3.05) is 12.4 Å². The van der Waals surface area contributed by atoms with Gasteiger partial charge in [0.05, 0.1) is 17.3 Å². The maximum absolute atomic E-state index is 13.8. The number of halogens is 1. The van der Waals surface area contributed by atoms with Crippen molar-refractivity contribution in [2.45, 2.75) is 39.5 Å². The second-order valence-corrected chi connectivity index (χ2v) is 11.9. The summed E-state index contributed by atoms with van der Waals surface area (Å²) in [5, 5.41) is 17.0. The molecule has 1 aromatic heterocycles. The summed E-state index contributed by atoms with van der Waals surface area (Å²) in [5.74, 6) is -0.658. The molecule has 2 aromatic carbocycles. The summed E-state index contributed by atoms with van der Waals surface area (Å²) in [7, 11) is 1.47. The van der Waals surface area contributed by atoms with Gasteiger partial charge in [-0.15, -0.1) is 0 Å². The van der Waals surface area contributed by atoms with Crippen molar-refractivity contribution in [3.63, 3.8) is 0 Å². The summed E-state index contributed by atoms with van der Waals surface area (Å²) in [6, 6.07) is 10.7. The number of ether oxygens (including phenoxy) is 1. The average Bonchev–Trinajstić information content (AvgIpc) is 3.18.